The molecule has 31 heavy (non-hydrogen) atoms. The van der Waals surface area contributed by atoms with Gasteiger partial charge in [-0.15, -0.1) is 0 Å². The van der Waals surface area contributed by atoms with Crippen LogP contribution in [0.1, 0.15) is 35.2 Å². The molecule has 1 aromatic carbocycles. The Morgan fingerprint density at radius 1 is 1.16 bits per heavy atom. The van der Waals surface area contributed by atoms with Gasteiger partial charge in [0.25, 0.3) is 5.91 Å². The smallest absolute Gasteiger partial charge is 0.261 e. The van der Waals surface area contributed by atoms with E-state index in [1.54, 1.807) is 17.0 Å². The summed E-state index contributed by atoms with van der Waals surface area (Å²) in [5, 5.41) is 8.43. The van der Waals surface area contributed by atoms with Crippen LogP contribution in [-0.2, 0) is 6.54 Å². The monoisotopic (exact) mass is 418 g/mol. The fourth-order valence-corrected chi connectivity index (χ4v) is 5.16. The summed E-state index contributed by atoms with van der Waals surface area (Å²) in [7, 11) is 1.85. The molecule has 0 spiro atoms. The van der Waals surface area contributed by atoms with E-state index >= 15 is 0 Å². The van der Waals surface area contributed by atoms with Crippen LogP contribution in [0.25, 0.3) is 11.3 Å². The Bertz CT molecular complexity index is 1160. The molecule has 1 N–H and O–H groups in total. The van der Waals surface area contributed by atoms with Crippen LogP contribution in [0.2, 0.25) is 0 Å². The standard InChI is InChI=1S/C23H23FN6O/c1-28-22(31)16-13-29(27-21(16)30-19-6-2-5-18(19)26-23(28)30)12-14-8-10-15(11-9-14)17-4-3-7-20(24)25-17/h3-4,7-11,13,18-19,23,26H,2,5-6,12H2,1H3/t18-,19+,23?/m1/s1. The van der Waals surface area contributed by atoms with Crippen LogP contribution in [0.5, 0.6) is 0 Å². The molecule has 3 aromatic rings. The van der Waals surface area contributed by atoms with Gasteiger partial charge in [0.15, 0.2) is 12.1 Å². The number of hydrogen-bond acceptors (Lipinski definition) is 5. The third-order valence-corrected chi connectivity index (χ3v) is 6.68. The van der Waals surface area contributed by atoms with Crippen molar-refractivity contribution < 1.29 is 9.18 Å². The normalized spacial score (nSPS) is 24.3. The third kappa shape index (κ3) is 2.93. The minimum Gasteiger partial charge on any atom is -0.317 e. The van der Waals surface area contributed by atoms with Crippen LogP contribution in [0.3, 0.4) is 0 Å². The number of benzene rings is 1. The molecule has 3 atom stereocenters. The maximum atomic E-state index is 13.4. The number of anilines is 1. The molecule has 2 aromatic heterocycles. The highest BCUT2D eigenvalue weighted by Gasteiger charge is 2.50. The Labute approximate surface area is 179 Å². The molecule has 6 rings (SSSR count). The largest absolute Gasteiger partial charge is 0.317 e. The number of rotatable bonds is 3. The van der Waals surface area contributed by atoms with Crippen molar-refractivity contribution in [3.63, 3.8) is 0 Å². The molecule has 1 unspecified atom stereocenters. The highest BCUT2D eigenvalue weighted by Crippen LogP contribution is 2.39. The second kappa shape index (κ2) is 6.88. The number of pyridine rings is 1. The average molecular weight is 418 g/mol. The molecular weight excluding hydrogens is 395 g/mol. The van der Waals surface area contributed by atoms with Gasteiger partial charge in [0, 0.05) is 30.9 Å². The lowest BCUT2D eigenvalue weighted by Gasteiger charge is -2.38. The molecular formula is C23H23FN6O. The molecule has 7 nitrogen and oxygen atoms in total. The lowest BCUT2D eigenvalue weighted by molar-refractivity contribution is 0.0694. The number of nitrogens with zero attached hydrogens (tertiary/aromatic N) is 5. The van der Waals surface area contributed by atoms with Gasteiger partial charge >= 0.3 is 0 Å². The topological polar surface area (TPSA) is 66.3 Å². The molecule has 0 radical (unpaired) electrons. The Kier molecular flexibility index (Phi) is 4.11. The van der Waals surface area contributed by atoms with Gasteiger partial charge in [-0.3, -0.25) is 14.8 Å². The molecule has 4 heterocycles. The number of amides is 1. The fraction of sp³-hybridized carbons (Fsp3) is 0.348. The van der Waals surface area contributed by atoms with Crippen molar-refractivity contribution in [1.82, 2.24) is 25.0 Å². The minimum atomic E-state index is -0.488. The highest BCUT2D eigenvalue weighted by molar-refractivity contribution is 6.01. The van der Waals surface area contributed by atoms with Crippen molar-refractivity contribution in [2.45, 2.75) is 44.2 Å². The lowest BCUT2D eigenvalue weighted by Crippen LogP contribution is -2.56. The van der Waals surface area contributed by atoms with Gasteiger partial charge in [0.1, 0.15) is 5.56 Å². The molecule has 8 heteroatoms. The first kappa shape index (κ1) is 18.5. The number of carbonyl (C=O) groups is 1. The molecule has 0 bridgehead atoms. The van der Waals surface area contributed by atoms with Gasteiger partial charge in [0.05, 0.1) is 12.2 Å². The summed E-state index contributed by atoms with van der Waals surface area (Å²) in [5.74, 6) is 0.302. The van der Waals surface area contributed by atoms with Gasteiger partial charge in [-0.05, 0) is 37.0 Å². The predicted octanol–water partition coefficient (Wildman–Crippen LogP) is 2.83. The second-order valence-electron chi connectivity index (χ2n) is 8.57. The van der Waals surface area contributed by atoms with Gasteiger partial charge in [-0.2, -0.15) is 9.49 Å². The summed E-state index contributed by atoms with van der Waals surface area (Å²) in [4.78, 5) is 21.0. The van der Waals surface area contributed by atoms with E-state index < -0.39 is 5.95 Å². The summed E-state index contributed by atoms with van der Waals surface area (Å²) >= 11 is 0. The lowest BCUT2D eigenvalue weighted by atomic mass is 10.1. The zero-order valence-corrected chi connectivity index (χ0v) is 17.2. The fourth-order valence-electron chi connectivity index (χ4n) is 5.16. The number of aromatic nitrogens is 3. The summed E-state index contributed by atoms with van der Waals surface area (Å²) < 4.78 is 15.2. The van der Waals surface area contributed by atoms with Crippen LogP contribution < -0.4 is 10.2 Å². The highest BCUT2D eigenvalue weighted by atomic mass is 19.1. The van der Waals surface area contributed by atoms with E-state index in [1.165, 1.54) is 12.5 Å². The number of carbonyl (C=O) groups excluding carboxylic acids is 1. The summed E-state index contributed by atoms with van der Waals surface area (Å²) in [6, 6.07) is 13.4. The van der Waals surface area contributed by atoms with Crippen LogP contribution in [0, 0.1) is 5.95 Å². The molecule has 2 fully saturated rings. The molecule has 2 aliphatic heterocycles. The predicted molar refractivity (Wildman–Crippen MR) is 114 cm³/mol. The SMILES string of the molecule is CN1C(=O)c2cn(Cc3ccc(-c4cccc(F)n4)cc3)nc2N2C1N[C@@H]1CCC[C@@H]12. The van der Waals surface area contributed by atoms with Crippen molar-refractivity contribution in [3.8, 4) is 11.3 Å². The van der Waals surface area contributed by atoms with Crippen molar-refractivity contribution >= 4 is 11.7 Å². The van der Waals surface area contributed by atoms with E-state index in [4.69, 9.17) is 5.10 Å². The second-order valence-corrected chi connectivity index (χ2v) is 8.57. The van der Waals surface area contributed by atoms with Crippen LogP contribution >= 0.6 is 0 Å². The Balaban J connectivity index is 1.28. The number of hydrogen-bond donors (Lipinski definition) is 1. The molecule has 1 saturated carbocycles. The maximum Gasteiger partial charge on any atom is 0.261 e. The Morgan fingerprint density at radius 2 is 2.00 bits per heavy atom. The van der Waals surface area contributed by atoms with Crippen LogP contribution in [0.15, 0.2) is 48.7 Å². The summed E-state index contributed by atoms with van der Waals surface area (Å²) in [6.07, 6.45) is 5.21. The van der Waals surface area contributed by atoms with Crippen molar-refractivity contribution in [1.29, 1.82) is 0 Å². The quantitative estimate of drug-likeness (QED) is 0.663. The minimum absolute atomic E-state index is 0.00231. The first-order valence-electron chi connectivity index (χ1n) is 10.7. The zero-order chi connectivity index (χ0) is 21.1. The average Bonchev–Trinajstić information content (AvgIpc) is 3.47. The molecule has 1 saturated heterocycles. The number of nitrogens with one attached hydrogen (secondary N) is 1. The summed E-state index contributed by atoms with van der Waals surface area (Å²) in [5.41, 5.74) is 3.18. The third-order valence-electron chi connectivity index (χ3n) is 6.68. The maximum absolute atomic E-state index is 13.4. The van der Waals surface area contributed by atoms with Gasteiger partial charge in [-0.1, -0.05) is 30.3 Å². The van der Waals surface area contributed by atoms with Crippen molar-refractivity contribution in [2.24, 2.45) is 0 Å². The molecule has 1 aliphatic carbocycles. The Morgan fingerprint density at radius 3 is 2.81 bits per heavy atom. The van der Waals surface area contributed by atoms with Gasteiger partial charge < -0.3 is 9.80 Å². The molecule has 3 aliphatic rings. The zero-order valence-electron chi connectivity index (χ0n) is 17.2. The van der Waals surface area contributed by atoms with E-state index in [0.717, 1.165) is 29.8 Å². The molecule has 158 valence electrons. The van der Waals surface area contributed by atoms with Crippen molar-refractivity contribution in [3.05, 3.63) is 65.7 Å². The van der Waals surface area contributed by atoms with E-state index in [9.17, 15) is 9.18 Å². The van der Waals surface area contributed by atoms with Crippen LogP contribution in [-0.4, -0.2) is 51.0 Å². The Hall–Kier alpha value is -3.26. The first-order chi connectivity index (χ1) is 15.1. The van der Waals surface area contributed by atoms with E-state index in [1.807, 2.05) is 42.2 Å². The van der Waals surface area contributed by atoms with E-state index in [-0.39, 0.29) is 12.2 Å². The number of halogens is 1. The van der Waals surface area contributed by atoms with Gasteiger partial charge in [-0.25, -0.2) is 4.98 Å². The van der Waals surface area contributed by atoms with E-state index in [0.29, 0.717) is 29.9 Å². The first-order valence-corrected chi connectivity index (χ1v) is 10.7. The van der Waals surface area contributed by atoms with Crippen molar-refractivity contribution in [2.75, 3.05) is 11.9 Å². The van der Waals surface area contributed by atoms with Gasteiger partial charge in [0.2, 0.25) is 5.95 Å². The summed E-state index contributed by atoms with van der Waals surface area (Å²) in [6.45, 7) is 0.556. The van der Waals surface area contributed by atoms with Crippen LogP contribution in [0.4, 0.5) is 10.2 Å². The number of fused-ring (bicyclic) bond motifs is 5. The molecule has 1 amide bonds. The van der Waals surface area contributed by atoms with E-state index in [2.05, 4.69) is 15.2 Å².